The van der Waals surface area contributed by atoms with Crippen molar-refractivity contribution in [1.29, 1.82) is 0 Å². The number of hydrazine groups is 1. The van der Waals surface area contributed by atoms with Gasteiger partial charge in [-0.2, -0.15) is 18.3 Å². The monoisotopic (exact) mass is 395 g/mol. The highest BCUT2D eigenvalue weighted by molar-refractivity contribution is 6.02. The van der Waals surface area contributed by atoms with Crippen molar-refractivity contribution in [3.63, 3.8) is 0 Å². The fraction of sp³-hybridized carbons (Fsp3) is 0.294. The number of nitrogens with one attached hydrogen (secondary N) is 2. The third-order valence-electron chi connectivity index (χ3n) is 4.25. The summed E-state index contributed by atoms with van der Waals surface area (Å²) < 4.78 is 40.2. The molecular weight excluding hydrogens is 379 g/mol. The molecule has 1 aliphatic rings. The van der Waals surface area contributed by atoms with E-state index in [2.05, 4.69) is 10.5 Å². The Balaban J connectivity index is 1.82. The summed E-state index contributed by atoms with van der Waals surface area (Å²) in [6.45, 7) is 2.98. The summed E-state index contributed by atoms with van der Waals surface area (Å²) in [6.07, 6.45) is -4.64. The van der Waals surface area contributed by atoms with Crippen LogP contribution in [0.5, 0.6) is 0 Å². The quantitative estimate of drug-likeness (QED) is 0.770. The van der Waals surface area contributed by atoms with Crippen LogP contribution in [0.1, 0.15) is 22.5 Å². The van der Waals surface area contributed by atoms with Crippen LogP contribution in [-0.2, 0) is 22.2 Å². The molecule has 8 nitrogen and oxygen atoms in total. The molecule has 2 aromatic rings. The highest BCUT2D eigenvalue weighted by Crippen LogP contribution is 2.30. The van der Waals surface area contributed by atoms with Crippen molar-refractivity contribution in [3.8, 4) is 5.69 Å². The molecule has 2 heterocycles. The minimum Gasteiger partial charge on any atom is -0.275 e. The maximum absolute atomic E-state index is 12.9. The van der Waals surface area contributed by atoms with Gasteiger partial charge in [-0.3, -0.25) is 20.3 Å². The van der Waals surface area contributed by atoms with Gasteiger partial charge in [0.1, 0.15) is 6.54 Å². The van der Waals surface area contributed by atoms with Gasteiger partial charge in [0, 0.05) is 11.3 Å². The van der Waals surface area contributed by atoms with E-state index in [4.69, 9.17) is 0 Å². The standard InChI is InChI=1S/C17H16F3N5O3/c1-9-13(7-14(26)23-24-8-15(27)21-16(24)28)10(2)25(22-9)12-5-3-4-11(6-12)17(18,19)20/h3-6H,7-8H2,1-2H3,(H,23,26)(H,21,27,28). The normalized spacial score (nSPS) is 14.4. The van der Waals surface area contributed by atoms with Gasteiger partial charge in [-0.15, -0.1) is 0 Å². The number of halogens is 3. The Morgan fingerprint density at radius 1 is 1.29 bits per heavy atom. The molecule has 11 heteroatoms. The lowest BCUT2D eigenvalue weighted by atomic mass is 10.1. The van der Waals surface area contributed by atoms with E-state index in [1.54, 1.807) is 13.8 Å². The molecule has 0 radical (unpaired) electrons. The van der Waals surface area contributed by atoms with Gasteiger partial charge in [0.2, 0.25) is 11.8 Å². The Labute approximate surface area is 157 Å². The Morgan fingerprint density at radius 3 is 2.61 bits per heavy atom. The lowest BCUT2D eigenvalue weighted by Crippen LogP contribution is -2.44. The van der Waals surface area contributed by atoms with E-state index in [-0.39, 0.29) is 18.7 Å². The van der Waals surface area contributed by atoms with Gasteiger partial charge in [-0.25, -0.2) is 14.5 Å². The first kappa shape index (κ1) is 19.4. The summed E-state index contributed by atoms with van der Waals surface area (Å²) in [6, 6.07) is 3.98. The predicted molar refractivity (Wildman–Crippen MR) is 90.1 cm³/mol. The van der Waals surface area contributed by atoms with Gasteiger partial charge in [-0.1, -0.05) is 6.07 Å². The van der Waals surface area contributed by atoms with Crippen molar-refractivity contribution in [2.24, 2.45) is 0 Å². The molecule has 1 aromatic heterocycles. The van der Waals surface area contributed by atoms with Gasteiger partial charge < -0.3 is 0 Å². The van der Waals surface area contributed by atoms with Gasteiger partial charge in [0.15, 0.2) is 0 Å². The van der Waals surface area contributed by atoms with Crippen molar-refractivity contribution in [1.82, 2.24) is 25.5 Å². The molecule has 3 rings (SSSR count). The zero-order valence-electron chi connectivity index (χ0n) is 14.9. The number of alkyl halides is 3. The van der Waals surface area contributed by atoms with Crippen LogP contribution in [0, 0.1) is 13.8 Å². The molecule has 2 N–H and O–H groups in total. The number of hydrogen-bond acceptors (Lipinski definition) is 4. The number of hydrogen-bond donors (Lipinski definition) is 2. The second-order valence-corrected chi connectivity index (χ2v) is 6.26. The molecule has 0 bridgehead atoms. The summed E-state index contributed by atoms with van der Waals surface area (Å²) in [4.78, 5) is 34.9. The predicted octanol–water partition coefficient (Wildman–Crippen LogP) is 1.63. The molecule has 0 spiro atoms. The van der Waals surface area contributed by atoms with E-state index in [1.807, 2.05) is 5.32 Å². The maximum atomic E-state index is 12.9. The number of rotatable bonds is 4. The molecule has 4 amide bonds. The molecule has 0 aliphatic carbocycles. The van der Waals surface area contributed by atoms with Crippen LogP contribution in [0.4, 0.5) is 18.0 Å². The SMILES string of the molecule is Cc1nn(-c2cccc(C(F)(F)F)c2)c(C)c1CC(=O)NN1CC(=O)NC1=O. The molecule has 0 saturated carbocycles. The van der Waals surface area contributed by atoms with Crippen molar-refractivity contribution >= 4 is 17.8 Å². The molecule has 0 atom stereocenters. The highest BCUT2D eigenvalue weighted by Gasteiger charge is 2.31. The Kier molecular flexibility index (Phi) is 4.84. The molecule has 1 aromatic carbocycles. The van der Waals surface area contributed by atoms with Crippen LogP contribution < -0.4 is 10.7 Å². The first-order chi connectivity index (χ1) is 13.1. The average Bonchev–Trinajstić information content (AvgIpc) is 3.06. The minimum atomic E-state index is -4.48. The van der Waals surface area contributed by atoms with E-state index < -0.39 is 29.6 Å². The summed E-state index contributed by atoms with van der Waals surface area (Å²) in [5.74, 6) is -1.09. The average molecular weight is 395 g/mol. The second-order valence-electron chi connectivity index (χ2n) is 6.26. The van der Waals surface area contributed by atoms with E-state index in [1.165, 1.54) is 16.8 Å². The fourth-order valence-corrected chi connectivity index (χ4v) is 2.88. The number of nitrogens with zero attached hydrogens (tertiary/aromatic N) is 3. The van der Waals surface area contributed by atoms with Crippen molar-refractivity contribution in [2.75, 3.05) is 6.54 Å². The minimum absolute atomic E-state index is 0.158. The number of aryl methyl sites for hydroxylation is 1. The van der Waals surface area contributed by atoms with E-state index >= 15 is 0 Å². The van der Waals surface area contributed by atoms with Gasteiger partial charge in [-0.05, 0) is 32.0 Å². The van der Waals surface area contributed by atoms with Crippen LogP contribution in [0.3, 0.4) is 0 Å². The number of carbonyl (C=O) groups is 3. The van der Waals surface area contributed by atoms with E-state index in [0.29, 0.717) is 17.0 Å². The van der Waals surface area contributed by atoms with Crippen LogP contribution >= 0.6 is 0 Å². The third kappa shape index (κ3) is 3.82. The number of imide groups is 1. The lowest BCUT2D eigenvalue weighted by Gasteiger charge is -2.14. The Bertz CT molecular complexity index is 967. The summed E-state index contributed by atoms with van der Waals surface area (Å²) >= 11 is 0. The van der Waals surface area contributed by atoms with Gasteiger partial charge in [0.05, 0.1) is 23.4 Å². The van der Waals surface area contributed by atoms with Crippen LogP contribution in [0.25, 0.3) is 5.69 Å². The molecular formula is C17H16F3N5O3. The zero-order chi connectivity index (χ0) is 20.6. The van der Waals surface area contributed by atoms with Crippen molar-refractivity contribution < 1.29 is 27.6 Å². The van der Waals surface area contributed by atoms with Crippen molar-refractivity contribution in [3.05, 3.63) is 46.8 Å². The smallest absolute Gasteiger partial charge is 0.275 e. The van der Waals surface area contributed by atoms with E-state index in [9.17, 15) is 27.6 Å². The summed E-state index contributed by atoms with van der Waals surface area (Å²) in [5, 5.41) is 7.12. The van der Waals surface area contributed by atoms with Gasteiger partial charge >= 0.3 is 12.2 Å². The highest BCUT2D eigenvalue weighted by atomic mass is 19.4. The topological polar surface area (TPSA) is 96.3 Å². The lowest BCUT2D eigenvalue weighted by molar-refractivity contribution is -0.137. The Morgan fingerprint density at radius 2 is 2.00 bits per heavy atom. The van der Waals surface area contributed by atoms with Crippen LogP contribution in [-0.4, -0.2) is 39.2 Å². The third-order valence-corrected chi connectivity index (χ3v) is 4.25. The molecule has 1 aliphatic heterocycles. The molecule has 28 heavy (non-hydrogen) atoms. The molecule has 148 valence electrons. The number of amides is 4. The maximum Gasteiger partial charge on any atom is 0.416 e. The van der Waals surface area contributed by atoms with Crippen LogP contribution in [0.15, 0.2) is 24.3 Å². The molecule has 1 fully saturated rings. The first-order valence-electron chi connectivity index (χ1n) is 8.20. The number of benzene rings is 1. The molecule has 1 saturated heterocycles. The Hall–Kier alpha value is -3.37. The van der Waals surface area contributed by atoms with Crippen molar-refractivity contribution in [2.45, 2.75) is 26.4 Å². The van der Waals surface area contributed by atoms with Gasteiger partial charge in [0.25, 0.3) is 0 Å². The zero-order valence-corrected chi connectivity index (χ0v) is 14.9. The van der Waals surface area contributed by atoms with E-state index in [0.717, 1.165) is 17.1 Å². The molecule has 0 unspecified atom stereocenters. The second kappa shape index (κ2) is 6.98. The fourth-order valence-electron chi connectivity index (χ4n) is 2.88. The number of carbonyl (C=O) groups excluding carboxylic acids is 3. The number of aromatic nitrogens is 2. The van der Waals surface area contributed by atoms with Crippen LogP contribution in [0.2, 0.25) is 0 Å². The summed E-state index contributed by atoms with van der Waals surface area (Å²) in [7, 11) is 0. The summed E-state index contributed by atoms with van der Waals surface area (Å²) in [5.41, 5.74) is 3.20. The largest absolute Gasteiger partial charge is 0.416 e. The number of urea groups is 1. The first-order valence-corrected chi connectivity index (χ1v) is 8.20.